The van der Waals surface area contributed by atoms with Crippen molar-refractivity contribution in [2.45, 2.75) is 25.7 Å². The molecule has 1 aromatic rings. The monoisotopic (exact) mass is 286 g/mol. The number of hydrogen-bond acceptors (Lipinski definition) is 2. The van der Waals surface area contributed by atoms with Gasteiger partial charge in [-0.15, -0.1) is 0 Å². The lowest BCUT2D eigenvalue weighted by Gasteiger charge is -2.10. The van der Waals surface area contributed by atoms with Gasteiger partial charge < -0.3 is 11.1 Å². The summed E-state index contributed by atoms with van der Waals surface area (Å²) >= 11 is 3.15. The Morgan fingerprint density at radius 3 is 2.88 bits per heavy atom. The van der Waals surface area contributed by atoms with E-state index < -0.39 is 0 Å². The molecule has 2 nitrogen and oxygen atoms in total. The Hall–Kier alpha value is -0.770. The van der Waals surface area contributed by atoms with E-state index in [1.54, 1.807) is 6.07 Å². The number of nitrogens with two attached hydrogens (primary N) is 1. The minimum atomic E-state index is -0.318. The zero-order valence-electron chi connectivity index (χ0n) is 9.10. The highest BCUT2D eigenvalue weighted by molar-refractivity contribution is 9.10. The van der Waals surface area contributed by atoms with Crippen molar-refractivity contribution in [1.29, 1.82) is 0 Å². The van der Waals surface area contributed by atoms with Crippen LogP contribution in [0.25, 0.3) is 0 Å². The summed E-state index contributed by atoms with van der Waals surface area (Å²) in [5.41, 5.74) is 7.00. The van der Waals surface area contributed by atoms with Crippen LogP contribution < -0.4 is 11.1 Å². The average Bonchev–Trinajstić information content (AvgIpc) is 3.04. The van der Waals surface area contributed by atoms with Crippen molar-refractivity contribution in [1.82, 2.24) is 0 Å². The maximum atomic E-state index is 13.1. The molecular formula is C12H16BrFN2. The lowest BCUT2D eigenvalue weighted by atomic mass is 10.2. The van der Waals surface area contributed by atoms with Gasteiger partial charge in [0.25, 0.3) is 0 Å². The van der Waals surface area contributed by atoms with Crippen LogP contribution in [0.1, 0.15) is 25.7 Å². The number of hydrogen-bond donors (Lipinski definition) is 2. The third-order valence-electron chi connectivity index (χ3n) is 2.89. The van der Waals surface area contributed by atoms with Gasteiger partial charge in [-0.1, -0.05) is 12.8 Å². The summed E-state index contributed by atoms with van der Waals surface area (Å²) in [5.74, 6) is 0.639. The number of nitrogen functional groups attached to an aromatic ring is 1. The molecule has 0 radical (unpaired) electrons. The molecule has 16 heavy (non-hydrogen) atoms. The van der Waals surface area contributed by atoms with Crippen molar-refractivity contribution < 1.29 is 4.39 Å². The van der Waals surface area contributed by atoms with Gasteiger partial charge in [0.05, 0.1) is 15.8 Å². The highest BCUT2D eigenvalue weighted by Crippen LogP contribution is 2.33. The lowest BCUT2D eigenvalue weighted by Crippen LogP contribution is -2.05. The van der Waals surface area contributed by atoms with E-state index in [0.29, 0.717) is 10.2 Å². The molecule has 0 saturated heterocycles. The molecule has 88 valence electrons. The van der Waals surface area contributed by atoms with Crippen LogP contribution in [0.2, 0.25) is 0 Å². The molecule has 1 aromatic carbocycles. The van der Waals surface area contributed by atoms with Crippen molar-refractivity contribution in [3.05, 3.63) is 22.4 Å². The summed E-state index contributed by atoms with van der Waals surface area (Å²) in [6.07, 6.45) is 5.23. The lowest BCUT2D eigenvalue weighted by molar-refractivity contribution is 0.622. The number of rotatable bonds is 5. The van der Waals surface area contributed by atoms with Gasteiger partial charge in [-0.05, 0) is 40.8 Å². The number of nitrogens with one attached hydrogen (secondary N) is 1. The Balaban J connectivity index is 1.85. The molecule has 1 fully saturated rings. The van der Waals surface area contributed by atoms with Crippen LogP contribution >= 0.6 is 15.9 Å². The maximum absolute atomic E-state index is 13.1. The quantitative estimate of drug-likeness (QED) is 0.639. The molecule has 0 atom stereocenters. The first-order valence-corrected chi connectivity index (χ1v) is 6.44. The van der Waals surface area contributed by atoms with Crippen LogP contribution in [-0.4, -0.2) is 6.54 Å². The average molecular weight is 287 g/mol. The van der Waals surface area contributed by atoms with Gasteiger partial charge in [-0.2, -0.15) is 0 Å². The van der Waals surface area contributed by atoms with Crippen molar-refractivity contribution in [3.8, 4) is 0 Å². The van der Waals surface area contributed by atoms with Crippen molar-refractivity contribution in [2.75, 3.05) is 17.6 Å². The summed E-state index contributed by atoms with van der Waals surface area (Å²) < 4.78 is 13.6. The van der Waals surface area contributed by atoms with Gasteiger partial charge in [0, 0.05) is 12.6 Å². The Bertz CT molecular complexity index is 378. The fourth-order valence-corrected chi connectivity index (χ4v) is 2.08. The van der Waals surface area contributed by atoms with Crippen LogP contribution in [0, 0.1) is 11.7 Å². The van der Waals surface area contributed by atoms with Gasteiger partial charge >= 0.3 is 0 Å². The first-order valence-electron chi connectivity index (χ1n) is 5.65. The van der Waals surface area contributed by atoms with Gasteiger partial charge in [-0.3, -0.25) is 0 Å². The molecule has 4 heteroatoms. The zero-order valence-corrected chi connectivity index (χ0v) is 10.7. The van der Waals surface area contributed by atoms with Crippen LogP contribution in [0.5, 0.6) is 0 Å². The highest BCUT2D eigenvalue weighted by Gasteiger charge is 2.19. The van der Waals surface area contributed by atoms with Gasteiger partial charge in [0.1, 0.15) is 5.82 Å². The Kier molecular flexibility index (Phi) is 3.69. The molecular weight excluding hydrogens is 271 g/mol. The molecule has 1 aliphatic rings. The zero-order chi connectivity index (χ0) is 11.5. The Morgan fingerprint density at radius 1 is 1.44 bits per heavy atom. The van der Waals surface area contributed by atoms with E-state index in [4.69, 9.17) is 5.73 Å². The normalized spacial score (nSPS) is 15.1. The second-order valence-electron chi connectivity index (χ2n) is 4.37. The molecule has 2 rings (SSSR count). The maximum Gasteiger partial charge on any atom is 0.139 e. The largest absolute Gasteiger partial charge is 0.397 e. The minimum absolute atomic E-state index is 0.318. The first-order chi connectivity index (χ1) is 7.66. The van der Waals surface area contributed by atoms with E-state index in [9.17, 15) is 4.39 Å². The number of benzene rings is 1. The molecule has 0 aromatic heterocycles. The van der Waals surface area contributed by atoms with Crippen LogP contribution in [0.4, 0.5) is 15.8 Å². The molecule has 1 aliphatic carbocycles. The molecule has 0 unspecified atom stereocenters. The summed E-state index contributed by atoms with van der Waals surface area (Å²) in [6.45, 7) is 0.902. The van der Waals surface area contributed by atoms with Crippen molar-refractivity contribution in [2.24, 2.45) is 5.92 Å². The first kappa shape index (κ1) is 11.7. The van der Waals surface area contributed by atoms with E-state index in [1.807, 2.05) is 0 Å². The molecule has 0 bridgehead atoms. The van der Waals surface area contributed by atoms with E-state index >= 15 is 0 Å². The predicted octanol–water partition coefficient (Wildman–Crippen LogP) is 3.77. The minimum Gasteiger partial charge on any atom is -0.397 e. The van der Waals surface area contributed by atoms with Gasteiger partial charge in [-0.25, -0.2) is 4.39 Å². The van der Waals surface area contributed by atoms with Crippen LogP contribution in [0.15, 0.2) is 16.6 Å². The van der Waals surface area contributed by atoms with Crippen LogP contribution in [0.3, 0.4) is 0 Å². The van der Waals surface area contributed by atoms with E-state index in [1.165, 1.54) is 25.3 Å². The summed E-state index contributed by atoms with van der Waals surface area (Å²) in [6, 6.07) is 3.04. The third-order valence-corrected chi connectivity index (χ3v) is 3.50. The van der Waals surface area contributed by atoms with E-state index in [2.05, 4.69) is 21.2 Å². The molecule has 0 spiro atoms. The second-order valence-corrected chi connectivity index (χ2v) is 5.22. The number of halogens is 2. The summed E-state index contributed by atoms with van der Waals surface area (Å²) in [7, 11) is 0. The fraction of sp³-hybridized carbons (Fsp3) is 0.500. The predicted molar refractivity (Wildman–Crippen MR) is 69.0 cm³/mol. The van der Waals surface area contributed by atoms with Gasteiger partial charge in [0.15, 0.2) is 0 Å². The molecule has 3 N–H and O–H groups in total. The highest BCUT2D eigenvalue weighted by atomic mass is 79.9. The molecule has 1 saturated carbocycles. The third kappa shape index (κ3) is 3.11. The van der Waals surface area contributed by atoms with Crippen molar-refractivity contribution in [3.63, 3.8) is 0 Å². The number of anilines is 2. The SMILES string of the molecule is Nc1cc(F)c(Br)cc1NCCCC1CC1. The summed E-state index contributed by atoms with van der Waals surface area (Å²) in [5, 5.41) is 3.24. The topological polar surface area (TPSA) is 38.0 Å². The van der Waals surface area contributed by atoms with Crippen LogP contribution in [-0.2, 0) is 0 Å². The summed E-state index contributed by atoms with van der Waals surface area (Å²) in [4.78, 5) is 0. The van der Waals surface area contributed by atoms with Crippen molar-refractivity contribution >= 4 is 27.3 Å². The Morgan fingerprint density at radius 2 is 2.19 bits per heavy atom. The van der Waals surface area contributed by atoms with Gasteiger partial charge in [0.2, 0.25) is 0 Å². The molecule has 0 aliphatic heterocycles. The second kappa shape index (κ2) is 5.04. The smallest absolute Gasteiger partial charge is 0.139 e. The van der Waals surface area contributed by atoms with E-state index in [0.717, 1.165) is 24.6 Å². The molecule has 0 amide bonds. The standard InChI is InChI=1S/C12H16BrFN2/c13-9-6-12(11(15)7-10(9)14)16-5-1-2-8-3-4-8/h6-8,16H,1-5,15H2. The van der Waals surface area contributed by atoms with E-state index in [-0.39, 0.29) is 5.82 Å². The fourth-order valence-electron chi connectivity index (χ4n) is 1.74. The Labute approximate surface area is 104 Å². The molecule has 0 heterocycles.